The van der Waals surface area contributed by atoms with Crippen LogP contribution in [0.3, 0.4) is 0 Å². The summed E-state index contributed by atoms with van der Waals surface area (Å²) in [6.07, 6.45) is 7.64. The van der Waals surface area contributed by atoms with Crippen LogP contribution in [-0.2, 0) is 4.74 Å². The standard InChI is InChI=1S/C12H19NO2/c1-5-6-9-7-10(8-9)13-11(14)15-12(2,3)4/h1,9-10H,6-8H2,2-4H3,(H,13,14). The van der Waals surface area contributed by atoms with Gasteiger partial charge in [0.15, 0.2) is 0 Å². The number of amides is 1. The lowest BCUT2D eigenvalue weighted by Gasteiger charge is -2.35. The largest absolute Gasteiger partial charge is 0.444 e. The lowest BCUT2D eigenvalue weighted by atomic mass is 9.78. The highest BCUT2D eigenvalue weighted by atomic mass is 16.6. The van der Waals surface area contributed by atoms with Crippen LogP contribution in [0.2, 0.25) is 0 Å². The molecule has 3 heteroatoms. The molecule has 0 aromatic heterocycles. The topological polar surface area (TPSA) is 38.3 Å². The van der Waals surface area contributed by atoms with Gasteiger partial charge in [0.2, 0.25) is 0 Å². The summed E-state index contributed by atoms with van der Waals surface area (Å²) in [5, 5.41) is 2.83. The Balaban J connectivity index is 2.17. The van der Waals surface area contributed by atoms with Crippen LogP contribution in [0, 0.1) is 18.3 Å². The molecule has 0 atom stereocenters. The second kappa shape index (κ2) is 4.57. The third kappa shape index (κ3) is 4.24. The second-order valence-electron chi connectivity index (χ2n) is 5.09. The summed E-state index contributed by atoms with van der Waals surface area (Å²) in [6.45, 7) is 5.57. The number of alkyl carbamates (subject to hydrolysis) is 1. The van der Waals surface area contributed by atoms with Crippen LogP contribution in [0.25, 0.3) is 0 Å². The van der Waals surface area contributed by atoms with Crippen LogP contribution in [0.15, 0.2) is 0 Å². The minimum atomic E-state index is -0.425. The van der Waals surface area contributed by atoms with E-state index in [1.807, 2.05) is 20.8 Å². The Hall–Kier alpha value is -1.17. The molecule has 1 fully saturated rings. The zero-order valence-corrected chi connectivity index (χ0v) is 9.67. The summed E-state index contributed by atoms with van der Waals surface area (Å²) in [5.41, 5.74) is -0.425. The van der Waals surface area contributed by atoms with Crippen molar-refractivity contribution in [2.75, 3.05) is 0 Å². The van der Waals surface area contributed by atoms with E-state index in [-0.39, 0.29) is 12.1 Å². The average molecular weight is 209 g/mol. The molecule has 1 rings (SSSR count). The van der Waals surface area contributed by atoms with Crippen molar-refractivity contribution in [3.63, 3.8) is 0 Å². The van der Waals surface area contributed by atoms with Crippen molar-refractivity contribution in [3.05, 3.63) is 0 Å². The van der Waals surface area contributed by atoms with Gasteiger partial charge in [-0.3, -0.25) is 0 Å². The van der Waals surface area contributed by atoms with E-state index >= 15 is 0 Å². The molecule has 0 bridgehead atoms. The van der Waals surface area contributed by atoms with Crippen LogP contribution in [-0.4, -0.2) is 17.7 Å². The van der Waals surface area contributed by atoms with E-state index in [1.54, 1.807) is 0 Å². The highest BCUT2D eigenvalue weighted by molar-refractivity contribution is 5.68. The lowest BCUT2D eigenvalue weighted by molar-refractivity contribution is 0.0454. The van der Waals surface area contributed by atoms with E-state index in [0.29, 0.717) is 5.92 Å². The number of nitrogens with one attached hydrogen (secondary N) is 1. The first kappa shape index (κ1) is 11.9. The van der Waals surface area contributed by atoms with Gasteiger partial charge in [-0.15, -0.1) is 12.3 Å². The van der Waals surface area contributed by atoms with Crippen molar-refractivity contribution in [2.45, 2.75) is 51.7 Å². The normalized spacial score (nSPS) is 24.9. The summed E-state index contributed by atoms with van der Waals surface area (Å²) in [6, 6.07) is 0.248. The molecule has 0 unspecified atom stereocenters. The molecule has 1 saturated carbocycles. The van der Waals surface area contributed by atoms with Crippen LogP contribution in [0.4, 0.5) is 4.79 Å². The average Bonchev–Trinajstić information content (AvgIpc) is 1.97. The van der Waals surface area contributed by atoms with Crippen molar-refractivity contribution < 1.29 is 9.53 Å². The van der Waals surface area contributed by atoms with E-state index in [2.05, 4.69) is 11.2 Å². The second-order valence-corrected chi connectivity index (χ2v) is 5.09. The molecule has 0 spiro atoms. The number of hydrogen-bond acceptors (Lipinski definition) is 2. The molecule has 1 aliphatic rings. The zero-order valence-electron chi connectivity index (χ0n) is 9.67. The first-order chi connectivity index (χ1) is 6.90. The molecule has 1 amide bonds. The Morgan fingerprint density at radius 3 is 2.60 bits per heavy atom. The fourth-order valence-corrected chi connectivity index (χ4v) is 1.66. The van der Waals surface area contributed by atoms with Crippen LogP contribution < -0.4 is 5.32 Å². The molecule has 0 aromatic carbocycles. The fourth-order valence-electron chi connectivity index (χ4n) is 1.66. The van der Waals surface area contributed by atoms with Gasteiger partial charge in [0, 0.05) is 12.5 Å². The Morgan fingerprint density at radius 2 is 2.13 bits per heavy atom. The number of carbonyl (C=O) groups is 1. The van der Waals surface area contributed by atoms with E-state index in [9.17, 15) is 4.79 Å². The lowest BCUT2D eigenvalue weighted by Crippen LogP contribution is -2.46. The number of carbonyl (C=O) groups excluding carboxylic acids is 1. The molecule has 0 radical (unpaired) electrons. The summed E-state index contributed by atoms with van der Waals surface area (Å²) < 4.78 is 5.15. The van der Waals surface area contributed by atoms with Crippen molar-refractivity contribution >= 4 is 6.09 Å². The monoisotopic (exact) mass is 209 g/mol. The molecule has 84 valence electrons. The Kier molecular flexibility index (Phi) is 3.62. The summed E-state index contributed by atoms with van der Waals surface area (Å²) in [5.74, 6) is 3.22. The van der Waals surface area contributed by atoms with E-state index in [1.165, 1.54) is 0 Å². The van der Waals surface area contributed by atoms with Crippen molar-refractivity contribution in [3.8, 4) is 12.3 Å². The van der Waals surface area contributed by atoms with Gasteiger partial charge in [0.1, 0.15) is 5.60 Å². The minimum absolute atomic E-state index is 0.248. The summed E-state index contributed by atoms with van der Waals surface area (Å²) >= 11 is 0. The molecule has 1 N–H and O–H groups in total. The summed E-state index contributed by atoms with van der Waals surface area (Å²) in [4.78, 5) is 11.4. The van der Waals surface area contributed by atoms with Crippen molar-refractivity contribution in [2.24, 2.45) is 5.92 Å². The maximum Gasteiger partial charge on any atom is 0.407 e. The molecule has 3 nitrogen and oxygen atoms in total. The molecule has 0 aromatic rings. The van der Waals surface area contributed by atoms with Crippen molar-refractivity contribution in [1.29, 1.82) is 0 Å². The van der Waals surface area contributed by atoms with Crippen LogP contribution in [0.5, 0.6) is 0 Å². The van der Waals surface area contributed by atoms with Gasteiger partial charge >= 0.3 is 6.09 Å². The Morgan fingerprint density at radius 1 is 1.53 bits per heavy atom. The number of hydrogen-bond donors (Lipinski definition) is 1. The predicted molar refractivity (Wildman–Crippen MR) is 59.3 cm³/mol. The van der Waals surface area contributed by atoms with Crippen LogP contribution in [0.1, 0.15) is 40.0 Å². The van der Waals surface area contributed by atoms with Crippen LogP contribution >= 0.6 is 0 Å². The van der Waals surface area contributed by atoms with Gasteiger partial charge in [0.05, 0.1) is 0 Å². The number of ether oxygens (including phenoxy) is 1. The smallest absolute Gasteiger partial charge is 0.407 e. The minimum Gasteiger partial charge on any atom is -0.444 e. The van der Waals surface area contributed by atoms with Gasteiger partial charge in [-0.1, -0.05) is 0 Å². The molecular formula is C12H19NO2. The summed E-state index contributed by atoms with van der Waals surface area (Å²) in [7, 11) is 0. The highest BCUT2D eigenvalue weighted by Crippen LogP contribution is 2.29. The SMILES string of the molecule is C#CCC1CC(NC(=O)OC(C)(C)C)C1. The van der Waals surface area contributed by atoms with E-state index in [4.69, 9.17) is 11.2 Å². The van der Waals surface area contributed by atoms with Gasteiger partial charge in [-0.05, 0) is 39.5 Å². The first-order valence-electron chi connectivity index (χ1n) is 5.33. The Labute approximate surface area is 91.6 Å². The van der Waals surface area contributed by atoms with Crippen molar-refractivity contribution in [1.82, 2.24) is 5.32 Å². The molecule has 0 heterocycles. The highest BCUT2D eigenvalue weighted by Gasteiger charge is 2.30. The van der Waals surface area contributed by atoms with Gasteiger partial charge in [0.25, 0.3) is 0 Å². The van der Waals surface area contributed by atoms with E-state index in [0.717, 1.165) is 19.3 Å². The maximum atomic E-state index is 11.4. The fraction of sp³-hybridized carbons (Fsp3) is 0.750. The third-order valence-corrected chi connectivity index (χ3v) is 2.36. The number of rotatable bonds is 2. The van der Waals surface area contributed by atoms with Gasteiger partial charge in [-0.2, -0.15) is 0 Å². The molecule has 15 heavy (non-hydrogen) atoms. The third-order valence-electron chi connectivity index (χ3n) is 2.36. The molecule has 0 aliphatic heterocycles. The van der Waals surface area contributed by atoms with E-state index < -0.39 is 5.60 Å². The zero-order chi connectivity index (χ0) is 11.5. The first-order valence-corrected chi connectivity index (χ1v) is 5.33. The predicted octanol–water partition coefficient (Wildman–Crippen LogP) is 2.31. The quantitative estimate of drug-likeness (QED) is 0.709. The molecular weight excluding hydrogens is 190 g/mol. The molecule has 0 saturated heterocycles. The van der Waals surface area contributed by atoms with Gasteiger partial charge < -0.3 is 10.1 Å². The maximum absolute atomic E-state index is 11.4. The van der Waals surface area contributed by atoms with Gasteiger partial charge in [-0.25, -0.2) is 4.79 Å². The Bertz CT molecular complexity index is 266. The number of terminal acetylenes is 1. The molecule has 1 aliphatic carbocycles.